The number of benzene rings is 1. The van der Waals surface area contributed by atoms with E-state index in [1.165, 1.54) is 6.07 Å². The molecule has 0 radical (unpaired) electrons. The summed E-state index contributed by atoms with van der Waals surface area (Å²) in [5.74, 6) is -0.864. The molecular formula is C16H22N4O5. The highest BCUT2D eigenvalue weighted by atomic mass is 16.6. The van der Waals surface area contributed by atoms with Crippen LogP contribution in [0.1, 0.15) is 25.3 Å². The number of nitrogens with one attached hydrogen (secondary N) is 2. The van der Waals surface area contributed by atoms with Gasteiger partial charge >= 0.3 is 12.0 Å². The number of anilines is 1. The molecule has 0 unspecified atom stereocenters. The third-order valence-electron chi connectivity index (χ3n) is 4.37. The van der Waals surface area contributed by atoms with E-state index < -0.39 is 16.9 Å². The Hall–Kier alpha value is -2.68. The van der Waals surface area contributed by atoms with Crippen LogP contribution in [0, 0.1) is 17.0 Å². The zero-order valence-electron chi connectivity index (χ0n) is 14.2. The number of carbonyl (C=O) groups is 2. The SMILES string of the molecule is CCN(CC(=O)O)C1CC(NC(=O)Nc2ccc(C)c([N+](=O)[O-])c2)C1. The number of carboxylic acid groups (broad SMARTS) is 1. The van der Waals surface area contributed by atoms with Gasteiger partial charge in [0.2, 0.25) is 0 Å². The van der Waals surface area contributed by atoms with E-state index in [1.54, 1.807) is 19.1 Å². The van der Waals surface area contributed by atoms with Crippen molar-refractivity contribution in [1.29, 1.82) is 0 Å². The predicted molar refractivity (Wildman–Crippen MR) is 91.7 cm³/mol. The Bertz CT molecular complexity index is 672. The normalized spacial score (nSPS) is 19.2. The van der Waals surface area contributed by atoms with Crippen LogP contribution in [0.25, 0.3) is 0 Å². The Balaban J connectivity index is 1.83. The molecule has 0 aliphatic heterocycles. The van der Waals surface area contributed by atoms with Gasteiger partial charge in [0.05, 0.1) is 11.5 Å². The topological polar surface area (TPSA) is 125 Å². The molecule has 136 valence electrons. The number of aliphatic carboxylic acids is 1. The number of urea groups is 1. The summed E-state index contributed by atoms with van der Waals surface area (Å²) in [6.07, 6.45) is 1.37. The number of nitrogens with zero attached hydrogens (tertiary/aromatic N) is 2. The van der Waals surface area contributed by atoms with Crippen molar-refractivity contribution in [2.75, 3.05) is 18.4 Å². The maximum absolute atomic E-state index is 12.0. The second-order valence-corrected chi connectivity index (χ2v) is 6.14. The quantitative estimate of drug-likeness (QED) is 0.510. The van der Waals surface area contributed by atoms with Gasteiger partial charge in [-0.15, -0.1) is 0 Å². The van der Waals surface area contributed by atoms with Crippen molar-refractivity contribution < 1.29 is 19.6 Å². The van der Waals surface area contributed by atoms with Crippen molar-refractivity contribution in [3.8, 4) is 0 Å². The van der Waals surface area contributed by atoms with Gasteiger partial charge < -0.3 is 15.7 Å². The molecule has 2 amide bonds. The maximum Gasteiger partial charge on any atom is 0.319 e. The van der Waals surface area contributed by atoms with E-state index in [0.29, 0.717) is 30.6 Å². The molecule has 9 nitrogen and oxygen atoms in total. The molecule has 0 atom stereocenters. The lowest BCUT2D eigenvalue weighted by atomic mass is 9.85. The van der Waals surface area contributed by atoms with Gasteiger partial charge in [-0.2, -0.15) is 0 Å². The first-order chi connectivity index (χ1) is 11.8. The van der Waals surface area contributed by atoms with Crippen LogP contribution in [0.4, 0.5) is 16.2 Å². The predicted octanol–water partition coefficient (Wildman–Crippen LogP) is 1.96. The van der Waals surface area contributed by atoms with Crippen LogP contribution in [0.15, 0.2) is 18.2 Å². The van der Waals surface area contributed by atoms with Crippen LogP contribution >= 0.6 is 0 Å². The highest BCUT2D eigenvalue weighted by Gasteiger charge is 2.34. The number of likely N-dealkylation sites (N-methyl/N-ethyl adjacent to an activating group) is 1. The van der Waals surface area contributed by atoms with Gasteiger partial charge in [0.1, 0.15) is 0 Å². The molecule has 0 saturated heterocycles. The van der Waals surface area contributed by atoms with Gasteiger partial charge in [0, 0.05) is 29.4 Å². The number of rotatable bonds is 7. The Morgan fingerprint density at radius 2 is 2.08 bits per heavy atom. The van der Waals surface area contributed by atoms with Crippen LogP contribution in [0.5, 0.6) is 0 Å². The Morgan fingerprint density at radius 1 is 1.40 bits per heavy atom. The molecule has 1 aliphatic carbocycles. The molecule has 1 fully saturated rings. The minimum Gasteiger partial charge on any atom is -0.480 e. The fourth-order valence-electron chi connectivity index (χ4n) is 2.91. The first-order valence-electron chi connectivity index (χ1n) is 8.08. The van der Waals surface area contributed by atoms with Gasteiger partial charge in [-0.3, -0.25) is 19.8 Å². The number of aryl methyl sites for hydroxylation is 1. The van der Waals surface area contributed by atoms with Crippen LogP contribution in [-0.2, 0) is 4.79 Å². The average molecular weight is 350 g/mol. The van der Waals surface area contributed by atoms with Crippen LogP contribution in [0.3, 0.4) is 0 Å². The molecule has 0 aromatic heterocycles. The van der Waals surface area contributed by atoms with Crippen molar-refractivity contribution in [3.63, 3.8) is 0 Å². The minimum absolute atomic E-state index is 0.00683. The smallest absolute Gasteiger partial charge is 0.319 e. The lowest BCUT2D eigenvalue weighted by Crippen LogP contribution is -2.55. The van der Waals surface area contributed by atoms with Crippen molar-refractivity contribution >= 4 is 23.4 Å². The largest absolute Gasteiger partial charge is 0.480 e. The Kier molecular flexibility index (Phi) is 5.92. The summed E-state index contributed by atoms with van der Waals surface area (Å²) in [7, 11) is 0. The van der Waals surface area contributed by atoms with Gasteiger partial charge in [-0.25, -0.2) is 4.79 Å². The van der Waals surface area contributed by atoms with Crippen molar-refractivity contribution in [3.05, 3.63) is 33.9 Å². The number of carboxylic acids is 1. The van der Waals surface area contributed by atoms with Gasteiger partial charge in [-0.1, -0.05) is 13.0 Å². The summed E-state index contributed by atoms with van der Waals surface area (Å²) >= 11 is 0. The molecule has 3 N–H and O–H groups in total. The highest BCUT2D eigenvalue weighted by molar-refractivity contribution is 5.90. The molecule has 2 rings (SSSR count). The molecular weight excluding hydrogens is 328 g/mol. The Labute approximate surface area is 145 Å². The highest BCUT2D eigenvalue weighted by Crippen LogP contribution is 2.26. The van der Waals surface area contributed by atoms with E-state index in [1.807, 2.05) is 11.8 Å². The second-order valence-electron chi connectivity index (χ2n) is 6.14. The van der Waals surface area contributed by atoms with E-state index in [0.717, 1.165) is 0 Å². The second kappa shape index (κ2) is 7.93. The monoisotopic (exact) mass is 350 g/mol. The fourth-order valence-corrected chi connectivity index (χ4v) is 2.91. The molecule has 0 bridgehead atoms. The summed E-state index contributed by atoms with van der Waals surface area (Å²) in [4.78, 5) is 35.1. The van der Waals surface area contributed by atoms with E-state index in [2.05, 4.69) is 10.6 Å². The summed E-state index contributed by atoms with van der Waals surface area (Å²) < 4.78 is 0. The number of carbonyl (C=O) groups excluding carboxylic acids is 1. The third-order valence-corrected chi connectivity index (χ3v) is 4.37. The van der Waals surface area contributed by atoms with Crippen molar-refractivity contribution in [1.82, 2.24) is 10.2 Å². The van der Waals surface area contributed by atoms with Gasteiger partial charge in [-0.05, 0) is 32.4 Å². The van der Waals surface area contributed by atoms with Crippen LogP contribution < -0.4 is 10.6 Å². The van der Waals surface area contributed by atoms with Crippen LogP contribution in [0.2, 0.25) is 0 Å². The number of amides is 2. The first kappa shape index (κ1) is 18.7. The number of hydrogen-bond acceptors (Lipinski definition) is 5. The Morgan fingerprint density at radius 3 is 2.64 bits per heavy atom. The number of nitro benzene ring substituents is 1. The number of nitro groups is 1. The van der Waals surface area contributed by atoms with Crippen molar-refractivity contribution in [2.45, 2.75) is 38.8 Å². The molecule has 1 aliphatic rings. The summed E-state index contributed by atoms with van der Waals surface area (Å²) in [6, 6.07) is 4.20. The number of hydrogen-bond donors (Lipinski definition) is 3. The van der Waals surface area contributed by atoms with Gasteiger partial charge in [0.25, 0.3) is 5.69 Å². The fraction of sp³-hybridized carbons (Fsp3) is 0.500. The molecule has 9 heteroatoms. The van der Waals surface area contributed by atoms with Crippen LogP contribution in [-0.4, -0.2) is 52.1 Å². The lowest BCUT2D eigenvalue weighted by Gasteiger charge is -2.42. The lowest BCUT2D eigenvalue weighted by molar-refractivity contribution is -0.385. The summed E-state index contributed by atoms with van der Waals surface area (Å²) in [5, 5.41) is 25.2. The zero-order valence-corrected chi connectivity index (χ0v) is 14.2. The third kappa shape index (κ3) is 4.90. The van der Waals surface area contributed by atoms with E-state index >= 15 is 0 Å². The molecule has 1 saturated carbocycles. The first-order valence-corrected chi connectivity index (χ1v) is 8.08. The molecule has 25 heavy (non-hydrogen) atoms. The van der Waals surface area contributed by atoms with Crippen molar-refractivity contribution in [2.24, 2.45) is 0 Å². The maximum atomic E-state index is 12.0. The van der Waals surface area contributed by atoms with Gasteiger partial charge in [0.15, 0.2) is 0 Å². The summed E-state index contributed by atoms with van der Waals surface area (Å²) in [5.41, 5.74) is 0.830. The standard InChI is InChI=1S/C16H22N4O5/c1-3-19(9-15(21)22)13-6-12(7-13)18-16(23)17-11-5-4-10(2)14(8-11)20(24)25/h4-5,8,12-13H,3,6-7,9H2,1-2H3,(H,21,22)(H2,17,18,23). The minimum atomic E-state index is -0.864. The molecule has 0 spiro atoms. The molecule has 1 aromatic rings. The average Bonchev–Trinajstić information content (AvgIpc) is 2.50. The van der Waals surface area contributed by atoms with E-state index in [9.17, 15) is 19.7 Å². The summed E-state index contributed by atoms with van der Waals surface area (Å²) in [6.45, 7) is 4.17. The molecule has 0 heterocycles. The van der Waals surface area contributed by atoms with E-state index in [-0.39, 0.29) is 24.3 Å². The van der Waals surface area contributed by atoms with E-state index in [4.69, 9.17) is 5.11 Å². The zero-order chi connectivity index (χ0) is 18.6. The molecule has 1 aromatic carbocycles.